The van der Waals surface area contributed by atoms with E-state index in [0.29, 0.717) is 12.0 Å². The molecule has 0 aliphatic heterocycles. The van der Waals surface area contributed by atoms with Crippen LogP contribution in [0.25, 0.3) is 0 Å². The van der Waals surface area contributed by atoms with Gasteiger partial charge in [0, 0.05) is 11.8 Å². The summed E-state index contributed by atoms with van der Waals surface area (Å²) in [5, 5.41) is 0. The molecule has 0 aliphatic rings. The molecule has 5 heteroatoms. The summed E-state index contributed by atoms with van der Waals surface area (Å²) in [5.74, 6) is 0. The molecule has 1 rings (SSSR count). The second-order valence-corrected chi connectivity index (χ2v) is 3.12. The van der Waals surface area contributed by atoms with Gasteiger partial charge in [0.05, 0.1) is 22.9 Å². The van der Waals surface area contributed by atoms with Gasteiger partial charge in [-0.2, -0.15) is 0 Å². The fourth-order valence-electron chi connectivity index (χ4n) is 0.737. The lowest BCUT2D eigenvalue weighted by atomic mass is 10.3. The van der Waals surface area contributed by atoms with Gasteiger partial charge in [0.15, 0.2) is 0 Å². The molecule has 0 atom stereocenters. The summed E-state index contributed by atoms with van der Waals surface area (Å²) in [4.78, 5) is 24.0. The zero-order valence-corrected chi connectivity index (χ0v) is 8.08. The number of aromatic amines is 1. The standard InChI is InChI=1S/C6H7IN2O2/c1-2-4-3-9(7)6(11)8-5(4)10/h3H,2H2,1H3,(H,8,10,11). The Bertz CT molecular complexity index is 366. The Labute approximate surface area is 76.8 Å². The van der Waals surface area contributed by atoms with Crippen molar-refractivity contribution >= 4 is 22.9 Å². The second-order valence-electron chi connectivity index (χ2n) is 2.08. The van der Waals surface area contributed by atoms with Gasteiger partial charge in [-0.15, -0.1) is 0 Å². The SMILES string of the molecule is CCc1cn(I)c(=O)[nH]c1=O. The Morgan fingerprint density at radius 3 is 2.82 bits per heavy atom. The highest BCUT2D eigenvalue weighted by atomic mass is 127. The first-order valence-corrected chi connectivity index (χ1v) is 4.12. The topological polar surface area (TPSA) is 54.9 Å². The number of aryl methyl sites for hydroxylation is 1. The summed E-state index contributed by atoms with van der Waals surface area (Å²) >= 11 is 1.82. The van der Waals surface area contributed by atoms with Crippen LogP contribution in [0.15, 0.2) is 15.8 Å². The maximum Gasteiger partial charge on any atom is 0.337 e. The molecular weight excluding hydrogens is 259 g/mol. The van der Waals surface area contributed by atoms with Gasteiger partial charge >= 0.3 is 5.69 Å². The Morgan fingerprint density at radius 1 is 1.64 bits per heavy atom. The number of nitrogens with zero attached hydrogens (tertiary/aromatic N) is 1. The zero-order chi connectivity index (χ0) is 8.43. The lowest BCUT2D eigenvalue weighted by Crippen LogP contribution is -2.27. The van der Waals surface area contributed by atoms with Gasteiger partial charge in [0.25, 0.3) is 5.56 Å². The highest BCUT2D eigenvalue weighted by Crippen LogP contribution is 1.91. The van der Waals surface area contributed by atoms with Crippen LogP contribution in [-0.2, 0) is 6.42 Å². The average molecular weight is 266 g/mol. The third-order valence-corrected chi connectivity index (χ3v) is 2.07. The number of rotatable bonds is 1. The lowest BCUT2D eigenvalue weighted by Gasteiger charge is -1.95. The number of hydrogen-bond donors (Lipinski definition) is 1. The number of nitrogens with one attached hydrogen (secondary N) is 1. The van der Waals surface area contributed by atoms with E-state index in [-0.39, 0.29) is 11.2 Å². The largest absolute Gasteiger partial charge is 0.337 e. The first-order valence-electron chi connectivity index (χ1n) is 3.16. The minimum Gasteiger partial charge on any atom is -0.273 e. The van der Waals surface area contributed by atoms with Crippen molar-refractivity contribution in [2.24, 2.45) is 0 Å². The zero-order valence-electron chi connectivity index (χ0n) is 5.93. The molecule has 0 aromatic carbocycles. The van der Waals surface area contributed by atoms with Crippen LogP contribution in [0.4, 0.5) is 0 Å². The van der Waals surface area contributed by atoms with Crippen LogP contribution in [-0.4, -0.2) is 7.76 Å². The number of halogens is 1. The fourth-order valence-corrected chi connectivity index (χ4v) is 1.19. The van der Waals surface area contributed by atoms with Gasteiger partial charge in [-0.3, -0.25) is 9.78 Å². The molecule has 1 N–H and O–H groups in total. The molecule has 0 radical (unpaired) electrons. The predicted molar refractivity (Wildman–Crippen MR) is 50.1 cm³/mol. The van der Waals surface area contributed by atoms with E-state index in [1.807, 2.05) is 29.8 Å². The molecule has 1 heterocycles. The summed E-state index contributed by atoms with van der Waals surface area (Å²) in [6, 6.07) is 0. The summed E-state index contributed by atoms with van der Waals surface area (Å²) in [5.41, 5.74) is -0.0442. The van der Waals surface area contributed by atoms with E-state index >= 15 is 0 Å². The summed E-state index contributed by atoms with van der Waals surface area (Å²) in [6.07, 6.45) is 2.18. The van der Waals surface area contributed by atoms with Crippen molar-refractivity contribution in [2.75, 3.05) is 0 Å². The third-order valence-electron chi connectivity index (χ3n) is 1.36. The lowest BCUT2D eigenvalue weighted by molar-refractivity contribution is 0.947. The van der Waals surface area contributed by atoms with Gasteiger partial charge < -0.3 is 0 Å². The summed E-state index contributed by atoms with van der Waals surface area (Å²) in [7, 11) is 0. The Balaban J connectivity index is 3.45. The fraction of sp³-hybridized carbons (Fsp3) is 0.333. The molecule has 1 aromatic rings. The molecule has 0 saturated heterocycles. The molecule has 0 fully saturated rings. The summed E-state index contributed by atoms with van der Waals surface area (Å²) < 4.78 is 1.33. The van der Waals surface area contributed by atoms with Gasteiger partial charge in [-0.05, 0) is 6.42 Å². The number of hydrogen-bond acceptors (Lipinski definition) is 2. The first-order chi connectivity index (χ1) is 5.15. The van der Waals surface area contributed by atoms with Crippen LogP contribution in [0, 0.1) is 0 Å². The molecule has 0 unspecified atom stereocenters. The molecule has 0 bridgehead atoms. The molecule has 4 nitrogen and oxygen atoms in total. The van der Waals surface area contributed by atoms with E-state index < -0.39 is 0 Å². The van der Waals surface area contributed by atoms with E-state index in [9.17, 15) is 9.59 Å². The van der Waals surface area contributed by atoms with E-state index in [1.165, 1.54) is 2.78 Å². The van der Waals surface area contributed by atoms with E-state index in [2.05, 4.69) is 4.98 Å². The van der Waals surface area contributed by atoms with Crippen LogP contribution in [0.3, 0.4) is 0 Å². The second kappa shape index (κ2) is 3.21. The summed E-state index contributed by atoms with van der Waals surface area (Å²) in [6.45, 7) is 1.87. The van der Waals surface area contributed by atoms with Crippen molar-refractivity contribution in [1.82, 2.24) is 7.76 Å². The number of H-pyrrole nitrogens is 1. The average Bonchev–Trinajstić information content (AvgIpc) is 1.97. The first kappa shape index (κ1) is 8.51. The molecule has 11 heavy (non-hydrogen) atoms. The van der Waals surface area contributed by atoms with Gasteiger partial charge in [0.1, 0.15) is 0 Å². The maximum absolute atomic E-state index is 11.0. The third kappa shape index (κ3) is 1.70. The molecule has 60 valence electrons. The normalized spacial score (nSPS) is 10.0. The molecule has 0 aliphatic carbocycles. The van der Waals surface area contributed by atoms with Crippen LogP contribution in [0.5, 0.6) is 0 Å². The minimum atomic E-state index is -0.382. The van der Waals surface area contributed by atoms with Gasteiger partial charge in [-0.25, -0.2) is 7.58 Å². The Morgan fingerprint density at radius 2 is 2.27 bits per heavy atom. The number of aromatic nitrogens is 2. The molecule has 0 saturated carbocycles. The Kier molecular flexibility index (Phi) is 2.48. The highest BCUT2D eigenvalue weighted by Gasteiger charge is 1.98. The maximum atomic E-state index is 11.0. The molecular formula is C6H7IN2O2. The highest BCUT2D eigenvalue weighted by molar-refractivity contribution is 14.1. The van der Waals surface area contributed by atoms with Crippen molar-refractivity contribution in [3.05, 3.63) is 32.6 Å². The monoisotopic (exact) mass is 266 g/mol. The van der Waals surface area contributed by atoms with Crippen LogP contribution < -0.4 is 11.2 Å². The van der Waals surface area contributed by atoms with Crippen molar-refractivity contribution in [3.8, 4) is 0 Å². The van der Waals surface area contributed by atoms with Gasteiger partial charge in [-0.1, -0.05) is 6.92 Å². The van der Waals surface area contributed by atoms with E-state index in [0.717, 1.165) is 0 Å². The van der Waals surface area contributed by atoms with E-state index in [1.54, 1.807) is 6.20 Å². The van der Waals surface area contributed by atoms with Crippen LogP contribution >= 0.6 is 22.9 Å². The predicted octanol–water partition coefficient (Wildman–Crippen LogP) is 0.297. The van der Waals surface area contributed by atoms with Crippen molar-refractivity contribution in [3.63, 3.8) is 0 Å². The van der Waals surface area contributed by atoms with Crippen LogP contribution in [0.1, 0.15) is 12.5 Å². The molecule has 0 amide bonds. The molecule has 1 aromatic heterocycles. The molecule has 0 spiro atoms. The van der Waals surface area contributed by atoms with Gasteiger partial charge in [0.2, 0.25) is 0 Å². The Hall–Kier alpha value is -0.590. The smallest absolute Gasteiger partial charge is 0.273 e. The quantitative estimate of drug-likeness (QED) is 0.743. The van der Waals surface area contributed by atoms with E-state index in [4.69, 9.17) is 0 Å². The van der Waals surface area contributed by atoms with Crippen molar-refractivity contribution in [1.29, 1.82) is 0 Å². The van der Waals surface area contributed by atoms with Crippen LogP contribution in [0.2, 0.25) is 0 Å². The van der Waals surface area contributed by atoms with Crippen molar-refractivity contribution in [2.45, 2.75) is 13.3 Å². The minimum absolute atomic E-state index is 0.287. The van der Waals surface area contributed by atoms with Crippen molar-refractivity contribution < 1.29 is 0 Å².